The molecule has 0 spiro atoms. The average molecular weight is 301 g/mol. The monoisotopic (exact) mass is 300 g/mol. The molecule has 0 bridgehead atoms. The molecule has 0 aliphatic carbocycles. The minimum Gasteiger partial charge on any atom is -0.384 e. The van der Waals surface area contributed by atoms with Gasteiger partial charge in [0.15, 0.2) is 0 Å². The van der Waals surface area contributed by atoms with Crippen LogP contribution in [0.25, 0.3) is 0 Å². The predicted molar refractivity (Wildman–Crippen MR) is 82.5 cm³/mol. The van der Waals surface area contributed by atoms with Gasteiger partial charge in [-0.2, -0.15) is 5.26 Å². The largest absolute Gasteiger partial charge is 0.384 e. The van der Waals surface area contributed by atoms with Gasteiger partial charge in [0.25, 0.3) is 5.91 Å². The molecule has 1 heterocycles. The first-order valence-corrected chi connectivity index (χ1v) is 6.72. The lowest BCUT2D eigenvalue weighted by Crippen LogP contribution is -2.14. The molecule has 0 fully saturated rings. The number of carbonyl (C=O) groups excluding carboxylic acids is 1. The number of nitrogens with one attached hydrogen (secondary N) is 2. The van der Waals surface area contributed by atoms with Crippen molar-refractivity contribution in [1.82, 2.24) is 4.98 Å². The van der Waals surface area contributed by atoms with E-state index in [1.165, 1.54) is 6.07 Å². The maximum Gasteiger partial charge on any atom is 0.274 e. The number of aromatic nitrogens is 1. The highest BCUT2D eigenvalue weighted by molar-refractivity contribution is 6.34. The SMILES string of the molecule is CCNc1ccc(C(=O)Nc2cc(C#N)ccc2Cl)nc1. The number of amides is 1. The van der Waals surface area contributed by atoms with Gasteiger partial charge in [0.1, 0.15) is 5.69 Å². The topological polar surface area (TPSA) is 77.8 Å². The van der Waals surface area contributed by atoms with Crippen LogP contribution >= 0.6 is 11.6 Å². The normalized spacial score (nSPS) is 9.76. The Morgan fingerprint density at radius 3 is 2.81 bits per heavy atom. The Hall–Kier alpha value is -2.58. The summed E-state index contributed by atoms with van der Waals surface area (Å²) in [5.41, 5.74) is 1.93. The molecule has 2 rings (SSSR count). The molecule has 5 nitrogen and oxygen atoms in total. The molecule has 0 atom stereocenters. The fourth-order valence-corrected chi connectivity index (χ4v) is 1.88. The molecule has 1 aromatic heterocycles. The Kier molecular flexibility index (Phi) is 4.75. The number of nitriles is 1. The van der Waals surface area contributed by atoms with Crippen LogP contribution in [0.4, 0.5) is 11.4 Å². The van der Waals surface area contributed by atoms with Crippen LogP contribution in [0.15, 0.2) is 36.5 Å². The number of pyridine rings is 1. The third-order valence-electron chi connectivity index (χ3n) is 2.72. The van der Waals surface area contributed by atoms with Crippen molar-refractivity contribution in [2.75, 3.05) is 17.2 Å². The highest BCUT2D eigenvalue weighted by Gasteiger charge is 2.10. The maximum absolute atomic E-state index is 12.1. The second-order valence-corrected chi connectivity index (χ2v) is 4.63. The highest BCUT2D eigenvalue weighted by Crippen LogP contribution is 2.23. The number of carbonyl (C=O) groups is 1. The molecule has 2 aromatic rings. The summed E-state index contributed by atoms with van der Waals surface area (Å²) < 4.78 is 0. The molecule has 0 radical (unpaired) electrons. The van der Waals surface area contributed by atoms with Crippen molar-refractivity contribution >= 4 is 28.9 Å². The van der Waals surface area contributed by atoms with Gasteiger partial charge in [-0.05, 0) is 37.3 Å². The van der Waals surface area contributed by atoms with Gasteiger partial charge in [-0.3, -0.25) is 4.79 Å². The lowest BCUT2D eigenvalue weighted by atomic mass is 10.2. The van der Waals surface area contributed by atoms with Crippen LogP contribution < -0.4 is 10.6 Å². The fraction of sp³-hybridized carbons (Fsp3) is 0.133. The van der Waals surface area contributed by atoms with E-state index in [0.29, 0.717) is 16.3 Å². The Labute approximate surface area is 127 Å². The minimum atomic E-state index is -0.380. The molecular formula is C15H13ClN4O. The van der Waals surface area contributed by atoms with Gasteiger partial charge >= 0.3 is 0 Å². The van der Waals surface area contributed by atoms with Crippen LogP contribution in [0.2, 0.25) is 5.02 Å². The van der Waals surface area contributed by atoms with E-state index in [2.05, 4.69) is 15.6 Å². The molecule has 1 amide bonds. The van der Waals surface area contributed by atoms with Gasteiger partial charge in [0.2, 0.25) is 0 Å². The van der Waals surface area contributed by atoms with E-state index < -0.39 is 0 Å². The standard InChI is InChI=1S/C15H13ClN4O/c1-2-18-11-4-6-13(19-9-11)15(21)20-14-7-10(8-17)3-5-12(14)16/h3-7,9,18H,2H2,1H3,(H,20,21). The number of nitrogens with zero attached hydrogens (tertiary/aromatic N) is 2. The first kappa shape index (κ1) is 14.8. The number of halogens is 1. The summed E-state index contributed by atoms with van der Waals surface area (Å²) in [7, 11) is 0. The van der Waals surface area contributed by atoms with Crippen molar-refractivity contribution < 1.29 is 4.79 Å². The Bertz CT molecular complexity index is 692. The summed E-state index contributed by atoms with van der Waals surface area (Å²) in [4.78, 5) is 16.2. The smallest absolute Gasteiger partial charge is 0.274 e. The van der Waals surface area contributed by atoms with E-state index >= 15 is 0 Å². The van der Waals surface area contributed by atoms with Gasteiger partial charge in [-0.15, -0.1) is 0 Å². The molecule has 106 valence electrons. The highest BCUT2D eigenvalue weighted by atomic mass is 35.5. The molecule has 21 heavy (non-hydrogen) atoms. The quantitative estimate of drug-likeness (QED) is 0.908. The zero-order valence-corrected chi connectivity index (χ0v) is 12.1. The van der Waals surface area contributed by atoms with E-state index in [-0.39, 0.29) is 11.6 Å². The van der Waals surface area contributed by atoms with Gasteiger partial charge < -0.3 is 10.6 Å². The molecule has 6 heteroatoms. The van der Waals surface area contributed by atoms with Crippen LogP contribution in [0.1, 0.15) is 23.0 Å². The van der Waals surface area contributed by atoms with Crippen molar-refractivity contribution in [3.8, 4) is 6.07 Å². The van der Waals surface area contributed by atoms with E-state index in [1.54, 1.807) is 30.5 Å². The molecule has 1 aromatic carbocycles. The second-order valence-electron chi connectivity index (χ2n) is 4.22. The summed E-state index contributed by atoms with van der Waals surface area (Å²) in [6, 6.07) is 10.1. The molecule has 0 unspecified atom stereocenters. The van der Waals surface area contributed by atoms with E-state index in [9.17, 15) is 4.79 Å². The van der Waals surface area contributed by atoms with Crippen molar-refractivity contribution in [1.29, 1.82) is 5.26 Å². The van der Waals surface area contributed by atoms with Crippen LogP contribution in [-0.4, -0.2) is 17.4 Å². The average Bonchev–Trinajstić information content (AvgIpc) is 2.50. The van der Waals surface area contributed by atoms with E-state index in [1.807, 2.05) is 13.0 Å². The van der Waals surface area contributed by atoms with Crippen molar-refractivity contribution in [2.45, 2.75) is 6.92 Å². The maximum atomic E-state index is 12.1. The van der Waals surface area contributed by atoms with Gasteiger partial charge in [-0.1, -0.05) is 11.6 Å². The van der Waals surface area contributed by atoms with Crippen LogP contribution in [-0.2, 0) is 0 Å². The molecule has 0 saturated heterocycles. The summed E-state index contributed by atoms with van der Waals surface area (Å²) >= 11 is 6.00. The van der Waals surface area contributed by atoms with Gasteiger partial charge in [0.05, 0.1) is 34.2 Å². The fourth-order valence-electron chi connectivity index (χ4n) is 1.71. The van der Waals surface area contributed by atoms with Gasteiger partial charge in [-0.25, -0.2) is 4.98 Å². The van der Waals surface area contributed by atoms with Crippen molar-refractivity contribution in [3.05, 3.63) is 52.8 Å². The van der Waals surface area contributed by atoms with Crippen molar-refractivity contribution in [2.24, 2.45) is 0 Å². The van der Waals surface area contributed by atoms with Gasteiger partial charge in [0, 0.05) is 6.54 Å². The molecular weight excluding hydrogens is 288 g/mol. The summed E-state index contributed by atoms with van der Waals surface area (Å²) in [6.07, 6.45) is 1.59. The second kappa shape index (κ2) is 6.73. The van der Waals surface area contributed by atoms with Crippen LogP contribution in [0.5, 0.6) is 0 Å². The molecule has 0 saturated carbocycles. The zero-order chi connectivity index (χ0) is 15.2. The molecule has 0 aliphatic heterocycles. The Morgan fingerprint density at radius 2 is 2.19 bits per heavy atom. The molecule has 0 aliphatic rings. The summed E-state index contributed by atoms with van der Waals surface area (Å²) in [5.74, 6) is -0.380. The van der Waals surface area contributed by atoms with E-state index in [0.717, 1.165) is 12.2 Å². The third kappa shape index (κ3) is 3.71. The summed E-state index contributed by atoms with van der Waals surface area (Å²) in [6.45, 7) is 2.76. The number of benzene rings is 1. The first-order chi connectivity index (χ1) is 10.1. The number of hydrogen-bond acceptors (Lipinski definition) is 4. The minimum absolute atomic E-state index is 0.273. The number of anilines is 2. The summed E-state index contributed by atoms with van der Waals surface area (Å²) in [5, 5.41) is 15.0. The van der Waals surface area contributed by atoms with E-state index in [4.69, 9.17) is 16.9 Å². The zero-order valence-electron chi connectivity index (χ0n) is 11.4. The Morgan fingerprint density at radius 1 is 1.38 bits per heavy atom. The lowest BCUT2D eigenvalue weighted by Gasteiger charge is -2.08. The van der Waals surface area contributed by atoms with Crippen LogP contribution in [0, 0.1) is 11.3 Å². The first-order valence-electron chi connectivity index (χ1n) is 6.35. The molecule has 2 N–H and O–H groups in total. The Balaban J connectivity index is 2.16. The number of hydrogen-bond donors (Lipinski definition) is 2. The van der Waals surface area contributed by atoms with Crippen molar-refractivity contribution in [3.63, 3.8) is 0 Å². The lowest BCUT2D eigenvalue weighted by molar-refractivity contribution is 0.102. The van der Waals surface area contributed by atoms with Crippen LogP contribution in [0.3, 0.4) is 0 Å². The number of rotatable bonds is 4. The predicted octanol–water partition coefficient (Wildman–Crippen LogP) is 3.29. The third-order valence-corrected chi connectivity index (χ3v) is 3.05.